The van der Waals surface area contributed by atoms with Crippen LogP contribution in [-0.2, 0) is 103 Å². The zero-order valence-electron chi connectivity index (χ0n) is 66.0. The summed E-state index contributed by atoms with van der Waals surface area (Å²) in [5.41, 5.74) is 22.0. The normalized spacial score (nSPS) is 11.9. The van der Waals surface area contributed by atoms with Crippen LogP contribution in [-0.4, -0.2) is 146 Å². The molecule has 3 unspecified atom stereocenters. The van der Waals surface area contributed by atoms with Gasteiger partial charge in [-0.15, -0.1) is 12.4 Å². The number of ketones is 2. The number of esters is 1. The number of Topliss-reactive ketones (excluding diaryl/α,β-unsaturated/α-hetero) is 2. The lowest BCUT2D eigenvalue weighted by atomic mass is 9.80. The quantitative estimate of drug-likeness (QED) is 0.0146. The van der Waals surface area contributed by atoms with E-state index in [0.29, 0.717) is 73.0 Å². The summed E-state index contributed by atoms with van der Waals surface area (Å²) in [6.45, 7) is 21.1. The fraction of sp³-hybridized carbons (Fsp3) is 0.372. The number of nitrogens with two attached hydrogens (primary N) is 2. The number of H-pyrrole nitrogens is 4. The molecule has 0 aliphatic heterocycles. The molecule has 10 rings (SSSR count). The van der Waals surface area contributed by atoms with Gasteiger partial charge in [0.1, 0.15) is 46.3 Å². The molecule has 620 valence electrons. The molecule has 5 aromatic carbocycles. The summed E-state index contributed by atoms with van der Waals surface area (Å²) in [7, 11) is -11.5. The molecule has 0 saturated carbocycles. The van der Waals surface area contributed by atoms with Crippen molar-refractivity contribution in [3.63, 3.8) is 0 Å². The molecule has 0 saturated heterocycles. The van der Waals surface area contributed by atoms with E-state index in [1.807, 2.05) is 85.7 Å². The van der Waals surface area contributed by atoms with E-state index in [4.69, 9.17) is 31.4 Å². The molecule has 26 nitrogen and oxygen atoms in total. The molecule has 0 radical (unpaired) electrons. The number of ether oxygens (including phenoxy) is 1. The van der Waals surface area contributed by atoms with E-state index in [0.717, 1.165) is 81.8 Å². The number of aromatic nitrogens is 10. The number of nitrogens with one attached hydrogen (secondary N) is 4. The average Bonchev–Trinajstić information content (AvgIpc) is 1.76. The van der Waals surface area contributed by atoms with Crippen LogP contribution in [0.4, 0.5) is 22.0 Å². The SMILES string of the molecule is CC(C(=O)O)c1ccc(CS(C)(=O)=O)c(F)c1.Cc1cc(CCC(=O)C(C)c2ccc(CS(C)(=O)=O)c(F)c2)n(-c2ccc(F)cc2)n1.Cc1cc(CCC(=O)C(C)c2ccc(CS(C)(=O)=O)c(F)c2)n[nH]1.Cc1cc(CCC(=O)OC(C)(C)C)n[nH]1.Cc1cc(CN)n[nH]1.Cc1cc(CN)n[nH]1.Cl.OB(O)c1ccc(F)cc1. The largest absolute Gasteiger partial charge is 0.488 e. The maximum absolute atomic E-state index is 14.3. The van der Waals surface area contributed by atoms with Gasteiger partial charge in [-0.05, 0) is 182 Å². The van der Waals surface area contributed by atoms with E-state index in [-0.39, 0.29) is 81.9 Å². The van der Waals surface area contributed by atoms with Gasteiger partial charge in [-0.2, -0.15) is 25.5 Å². The molecule has 5 aromatic heterocycles. The number of aliphatic carboxylic acids is 1. The first-order valence-electron chi connectivity index (χ1n) is 35.4. The lowest BCUT2D eigenvalue weighted by Crippen LogP contribution is -2.29. The van der Waals surface area contributed by atoms with Gasteiger partial charge in [-0.3, -0.25) is 39.6 Å². The smallest absolute Gasteiger partial charge is 0.481 e. The van der Waals surface area contributed by atoms with Crippen molar-refractivity contribution in [3.05, 3.63) is 253 Å². The average molecular weight is 1670 g/mol. The molecule has 11 N–H and O–H groups in total. The number of benzene rings is 5. The molecule has 0 amide bonds. The highest BCUT2D eigenvalue weighted by Crippen LogP contribution is 2.26. The minimum atomic E-state index is -3.35. The summed E-state index contributed by atoms with van der Waals surface area (Å²) in [6.07, 6.45) is 5.62. The topological polar surface area (TPSA) is 425 Å². The molecule has 114 heavy (non-hydrogen) atoms. The van der Waals surface area contributed by atoms with E-state index < -0.39 is 83.4 Å². The number of carboxylic acid groups (broad SMARTS) is 1. The summed E-state index contributed by atoms with van der Waals surface area (Å²) in [4.78, 5) is 47.1. The standard InChI is InChI=1S/C23H24F2N2O3S.C17H21FN2O3S.C11H13FO4S.C11H18N2O2.C6H6BFO2.2C5H9N3.ClH/c1-15-12-21(27(26-15)20-8-6-19(24)7-9-20)10-11-23(28)16(2)17-4-5-18(22(25)13-17)14-31(3,29)30;1-11-8-15(20-19-11)6-7-17(21)12(2)13-4-5-14(16(18)9-13)10-24(3,22)23;1-7(11(13)14)8-3-4-9(10(12)5-8)6-17(2,15)16;1-8-7-9(13-12-8)5-6-10(14)15-11(2,3)4;8-6-3-1-5(2-4-6)7(9)10;2*1-4-2-5(3-6)8-7-4;/h4-9,12-13,16H,10-11,14H2,1-3H3;4-5,8-9,12H,6-7,10H2,1-3H3,(H,19,20);3-5,7H,6H2,1-2H3,(H,13,14);7H,5-6H2,1-4H3,(H,12,13);1-4,9-10H;2*2H,3,6H2,1H3,(H,7,8);1H. The van der Waals surface area contributed by atoms with E-state index in [1.165, 1.54) is 79.7 Å². The van der Waals surface area contributed by atoms with E-state index in [1.54, 1.807) is 42.8 Å². The van der Waals surface area contributed by atoms with Crippen LogP contribution in [0, 0.1) is 63.7 Å². The van der Waals surface area contributed by atoms with Crippen LogP contribution in [0.5, 0.6) is 0 Å². The predicted molar refractivity (Wildman–Crippen MR) is 429 cm³/mol. The molecule has 0 aliphatic rings. The van der Waals surface area contributed by atoms with Crippen molar-refractivity contribution in [2.45, 2.75) is 168 Å². The third kappa shape index (κ3) is 36.9. The Morgan fingerprint density at radius 3 is 1.12 bits per heavy atom. The molecule has 3 atom stereocenters. The van der Waals surface area contributed by atoms with Crippen molar-refractivity contribution in [2.75, 3.05) is 18.8 Å². The second-order valence-corrected chi connectivity index (χ2v) is 34.4. The first kappa shape index (κ1) is 98.3. The Kier molecular flexibility index (Phi) is 39.6. The highest BCUT2D eigenvalue weighted by molar-refractivity contribution is 7.90. The number of carbonyl (C=O) groups excluding carboxylic acids is 3. The molecule has 10 aromatic rings. The van der Waals surface area contributed by atoms with Crippen LogP contribution < -0.4 is 16.9 Å². The van der Waals surface area contributed by atoms with Gasteiger partial charge in [0.15, 0.2) is 29.5 Å². The van der Waals surface area contributed by atoms with Gasteiger partial charge in [0, 0.05) is 108 Å². The Bertz CT molecular complexity index is 5070. The zero-order chi connectivity index (χ0) is 84.9. The predicted octanol–water partition coefficient (Wildman–Crippen LogP) is 10.8. The highest BCUT2D eigenvalue weighted by atomic mass is 35.5. The van der Waals surface area contributed by atoms with Crippen LogP contribution in [0.2, 0.25) is 0 Å². The Hall–Kier alpha value is -9.88. The fourth-order valence-corrected chi connectivity index (χ4v) is 12.7. The maximum Gasteiger partial charge on any atom is 0.488 e. The van der Waals surface area contributed by atoms with E-state index in [9.17, 15) is 66.4 Å². The number of hydrogen-bond donors (Lipinski definition) is 9. The summed E-state index contributed by atoms with van der Waals surface area (Å²) in [6, 6.07) is 32.9. The van der Waals surface area contributed by atoms with Gasteiger partial charge in [0.05, 0.1) is 63.8 Å². The molecule has 5 heterocycles. The Labute approximate surface area is 668 Å². The summed E-state index contributed by atoms with van der Waals surface area (Å²) < 4.78 is 142. The number of rotatable bonds is 25. The van der Waals surface area contributed by atoms with Crippen LogP contribution >= 0.6 is 12.4 Å². The lowest BCUT2D eigenvalue weighted by molar-refractivity contribution is -0.154. The molecular formula is C78H101BClF5N12O14S3. The molecule has 0 fully saturated rings. The molecule has 0 spiro atoms. The number of carboxylic acids is 1. The molecule has 36 heteroatoms. The van der Waals surface area contributed by atoms with Crippen molar-refractivity contribution >= 4 is 78.0 Å². The van der Waals surface area contributed by atoms with Gasteiger partial charge >= 0.3 is 19.1 Å². The molecule has 0 aliphatic carbocycles. The minimum Gasteiger partial charge on any atom is -0.481 e. The molecular weight excluding hydrogens is 1570 g/mol. The number of aryl methyl sites for hydroxylation is 8. The zero-order valence-corrected chi connectivity index (χ0v) is 69.2. The van der Waals surface area contributed by atoms with Gasteiger partial charge in [0.2, 0.25) is 0 Å². The second kappa shape index (κ2) is 45.9. The maximum atomic E-state index is 14.3. The number of sulfone groups is 3. The van der Waals surface area contributed by atoms with Crippen LogP contribution in [0.25, 0.3) is 5.69 Å². The summed E-state index contributed by atoms with van der Waals surface area (Å²) in [5.74, 6) is -6.89. The number of carbonyl (C=O) groups is 4. The van der Waals surface area contributed by atoms with Gasteiger partial charge < -0.3 is 31.4 Å². The van der Waals surface area contributed by atoms with Crippen LogP contribution in [0.1, 0.15) is 169 Å². The minimum absolute atomic E-state index is 0. The van der Waals surface area contributed by atoms with Crippen molar-refractivity contribution in [1.29, 1.82) is 0 Å². The highest BCUT2D eigenvalue weighted by Gasteiger charge is 2.23. The van der Waals surface area contributed by atoms with Crippen molar-refractivity contribution in [3.8, 4) is 5.69 Å². The number of aromatic amines is 4. The summed E-state index contributed by atoms with van der Waals surface area (Å²) in [5, 5.41) is 57.4. The van der Waals surface area contributed by atoms with Crippen molar-refractivity contribution < 1.29 is 86.3 Å². The Morgan fingerprint density at radius 2 is 0.825 bits per heavy atom. The third-order valence-corrected chi connectivity index (χ3v) is 18.7. The van der Waals surface area contributed by atoms with Gasteiger partial charge in [0.25, 0.3) is 0 Å². The van der Waals surface area contributed by atoms with E-state index >= 15 is 0 Å². The third-order valence-electron chi connectivity index (χ3n) is 16.2. The van der Waals surface area contributed by atoms with Gasteiger partial charge in [-0.25, -0.2) is 51.9 Å². The first-order valence-corrected chi connectivity index (χ1v) is 41.5. The Morgan fingerprint density at radius 1 is 0.491 bits per heavy atom. The fourth-order valence-electron chi connectivity index (χ4n) is 10.3. The van der Waals surface area contributed by atoms with Crippen LogP contribution in [0.15, 0.2) is 133 Å². The van der Waals surface area contributed by atoms with Crippen molar-refractivity contribution in [1.82, 2.24) is 50.6 Å². The number of halogens is 6. The second-order valence-electron chi connectivity index (χ2n) is 28.0. The van der Waals surface area contributed by atoms with E-state index in [2.05, 4.69) is 45.9 Å². The monoisotopic (exact) mass is 1670 g/mol. The number of nitrogens with zero attached hydrogens (tertiary/aromatic N) is 6. The number of hydrogen-bond acceptors (Lipinski definition) is 20. The Balaban J connectivity index is 0.000000362. The summed E-state index contributed by atoms with van der Waals surface area (Å²) >= 11 is 0. The lowest BCUT2D eigenvalue weighted by Gasteiger charge is -2.19. The molecule has 0 bridgehead atoms. The van der Waals surface area contributed by atoms with Crippen molar-refractivity contribution in [2.24, 2.45) is 11.5 Å². The first-order chi connectivity index (χ1) is 52.6. The van der Waals surface area contributed by atoms with Crippen LogP contribution in [0.3, 0.4) is 0 Å². The van der Waals surface area contributed by atoms with Gasteiger partial charge in [-0.1, -0.05) is 62.4 Å².